The molecule has 0 spiro atoms. The van der Waals surface area contributed by atoms with Gasteiger partial charge in [0, 0.05) is 16.9 Å². The van der Waals surface area contributed by atoms with E-state index in [-0.39, 0.29) is 7.43 Å². The number of fused-ring (bicyclic) bond motifs is 2. The van der Waals surface area contributed by atoms with Crippen LogP contribution in [0, 0.1) is 6.92 Å². The zero-order valence-electron chi connectivity index (χ0n) is 11.2. The topological polar surface area (TPSA) is 83.1 Å². The molecule has 2 N–H and O–H groups in total. The van der Waals surface area contributed by atoms with Crippen molar-refractivity contribution >= 4 is 61.2 Å². The summed E-state index contributed by atoms with van der Waals surface area (Å²) in [4.78, 5) is 21.7. The predicted molar refractivity (Wildman–Crippen MR) is 97.0 cm³/mol. The van der Waals surface area contributed by atoms with Gasteiger partial charge in [-0.1, -0.05) is 30.6 Å². The van der Waals surface area contributed by atoms with Crippen LogP contribution >= 0.6 is 39.1 Å². The van der Waals surface area contributed by atoms with Crippen LogP contribution in [-0.2, 0) is 0 Å². The molecule has 0 saturated carbocycles. The fourth-order valence-electron chi connectivity index (χ4n) is 1.96. The van der Waals surface area contributed by atoms with Gasteiger partial charge in [-0.05, 0) is 28.4 Å². The first-order chi connectivity index (χ1) is 10.6. The molecule has 4 aromatic rings. The van der Waals surface area contributed by atoms with Gasteiger partial charge in [-0.2, -0.15) is 0 Å². The Hall–Kier alpha value is -1.70. The van der Waals surface area contributed by atoms with Gasteiger partial charge in [-0.3, -0.25) is 0 Å². The number of aromatic amines is 2. The largest absolute Gasteiger partial charge is 0.346 e. The quantitative estimate of drug-likeness (QED) is 0.399. The lowest BCUT2D eigenvalue weighted by Gasteiger charge is -1.91. The standard InChI is InChI=1S/C7H6ClN3.C6H3BrClN3.CH4/c1-4-2-9-7-5(4)6(8)10-3-11-7;7-3-1-9-6-4(3)5(8)10-2-11-6;/h2-3H,1H3,(H,9,10,11);1-2H,(H,9,10,11);1H4. The zero-order valence-corrected chi connectivity index (χ0v) is 14.3. The minimum absolute atomic E-state index is 0. The molecule has 0 unspecified atom stereocenters. The van der Waals surface area contributed by atoms with Crippen molar-refractivity contribution in [1.82, 2.24) is 29.9 Å². The number of halogens is 3. The van der Waals surface area contributed by atoms with Crippen LogP contribution < -0.4 is 0 Å². The second kappa shape index (κ2) is 7.25. The molecule has 0 bridgehead atoms. The Morgan fingerprint density at radius 2 is 1.39 bits per heavy atom. The molecule has 0 radical (unpaired) electrons. The lowest BCUT2D eigenvalue weighted by Crippen LogP contribution is -1.80. The fourth-order valence-corrected chi connectivity index (χ4v) is 3.08. The number of aromatic nitrogens is 6. The van der Waals surface area contributed by atoms with E-state index in [1.165, 1.54) is 12.7 Å². The normalized spacial score (nSPS) is 10.3. The SMILES string of the molecule is C.Cc1c[nH]c2ncnc(Cl)c12.Clc1ncnc2[nH]cc(Br)c12. The van der Waals surface area contributed by atoms with Crippen molar-refractivity contribution in [3.63, 3.8) is 0 Å². The Labute approximate surface area is 150 Å². The molecular weight excluding hydrogens is 403 g/mol. The molecule has 4 rings (SSSR count). The summed E-state index contributed by atoms with van der Waals surface area (Å²) in [6, 6.07) is 0. The van der Waals surface area contributed by atoms with Crippen LogP contribution in [0.5, 0.6) is 0 Å². The molecule has 0 aromatic carbocycles. The lowest BCUT2D eigenvalue weighted by molar-refractivity contribution is 1.20. The van der Waals surface area contributed by atoms with Crippen molar-refractivity contribution in [2.24, 2.45) is 0 Å². The molecule has 23 heavy (non-hydrogen) atoms. The van der Waals surface area contributed by atoms with Crippen molar-refractivity contribution in [3.8, 4) is 0 Å². The highest BCUT2D eigenvalue weighted by Gasteiger charge is 2.06. The first-order valence-electron chi connectivity index (χ1n) is 6.15. The third-order valence-electron chi connectivity index (χ3n) is 3.00. The van der Waals surface area contributed by atoms with Crippen molar-refractivity contribution in [1.29, 1.82) is 0 Å². The van der Waals surface area contributed by atoms with Crippen LogP contribution in [0.2, 0.25) is 10.3 Å². The van der Waals surface area contributed by atoms with Gasteiger partial charge in [0.1, 0.15) is 34.3 Å². The van der Waals surface area contributed by atoms with Crippen LogP contribution in [-0.4, -0.2) is 29.9 Å². The van der Waals surface area contributed by atoms with E-state index in [0.29, 0.717) is 10.3 Å². The van der Waals surface area contributed by atoms with Gasteiger partial charge in [-0.25, -0.2) is 19.9 Å². The van der Waals surface area contributed by atoms with Crippen molar-refractivity contribution in [2.75, 3.05) is 0 Å². The van der Waals surface area contributed by atoms with E-state index in [1.54, 1.807) is 6.20 Å². The Morgan fingerprint density at radius 1 is 0.870 bits per heavy atom. The van der Waals surface area contributed by atoms with Crippen molar-refractivity contribution < 1.29 is 0 Å². The summed E-state index contributed by atoms with van der Waals surface area (Å²) < 4.78 is 0.887. The Balaban J connectivity index is 0.000000160. The van der Waals surface area contributed by atoms with Gasteiger partial charge in [0.15, 0.2) is 0 Å². The average Bonchev–Trinajstić information content (AvgIpc) is 3.06. The van der Waals surface area contributed by atoms with Gasteiger partial charge >= 0.3 is 0 Å². The van der Waals surface area contributed by atoms with Gasteiger partial charge in [-0.15, -0.1) is 0 Å². The minimum Gasteiger partial charge on any atom is -0.346 e. The molecule has 6 nitrogen and oxygen atoms in total. The molecule has 4 heterocycles. The predicted octanol–water partition coefficient (Wildman–Crippen LogP) is 4.93. The van der Waals surface area contributed by atoms with E-state index >= 15 is 0 Å². The highest BCUT2D eigenvalue weighted by atomic mass is 79.9. The summed E-state index contributed by atoms with van der Waals surface area (Å²) in [5.41, 5.74) is 2.62. The van der Waals surface area contributed by atoms with Crippen LogP contribution in [0.1, 0.15) is 13.0 Å². The van der Waals surface area contributed by atoms with E-state index in [0.717, 1.165) is 32.1 Å². The fraction of sp³-hybridized carbons (Fsp3) is 0.143. The van der Waals surface area contributed by atoms with Crippen LogP contribution in [0.15, 0.2) is 29.5 Å². The summed E-state index contributed by atoms with van der Waals surface area (Å²) in [6.45, 7) is 1.97. The maximum atomic E-state index is 5.83. The third kappa shape index (κ3) is 3.46. The first kappa shape index (κ1) is 17.7. The molecule has 0 fully saturated rings. The molecule has 9 heteroatoms. The van der Waals surface area contributed by atoms with E-state index in [9.17, 15) is 0 Å². The number of hydrogen-bond acceptors (Lipinski definition) is 4. The maximum Gasteiger partial charge on any atom is 0.143 e. The van der Waals surface area contributed by atoms with Crippen molar-refractivity contribution in [3.05, 3.63) is 45.4 Å². The van der Waals surface area contributed by atoms with E-state index in [4.69, 9.17) is 23.2 Å². The highest BCUT2D eigenvalue weighted by Crippen LogP contribution is 2.26. The summed E-state index contributed by atoms with van der Waals surface area (Å²) in [5.74, 6) is 0. The number of nitrogens with one attached hydrogen (secondary N) is 2. The molecule has 120 valence electrons. The summed E-state index contributed by atoms with van der Waals surface area (Å²) >= 11 is 15.0. The summed E-state index contributed by atoms with van der Waals surface area (Å²) in [7, 11) is 0. The minimum atomic E-state index is 0. The molecule has 0 aliphatic heterocycles. The lowest BCUT2D eigenvalue weighted by atomic mass is 10.3. The smallest absolute Gasteiger partial charge is 0.143 e. The third-order valence-corrected chi connectivity index (χ3v) is 4.19. The second-order valence-electron chi connectivity index (χ2n) is 4.38. The molecule has 4 aromatic heterocycles. The van der Waals surface area contributed by atoms with E-state index < -0.39 is 0 Å². The zero-order chi connectivity index (χ0) is 15.7. The molecule has 0 amide bonds. The number of aryl methyl sites for hydroxylation is 1. The Bertz CT molecular complexity index is 871. The van der Waals surface area contributed by atoms with Crippen LogP contribution in [0.25, 0.3) is 22.1 Å². The van der Waals surface area contributed by atoms with Gasteiger partial charge in [0.25, 0.3) is 0 Å². The monoisotopic (exact) mass is 414 g/mol. The summed E-state index contributed by atoms with van der Waals surface area (Å²) in [5, 5.41) is 2.71. The maximum absolute atomic E-state index is 5.83. The van der Waals surface area contributed by atoms with E-state index in [1.807, 2.05) is 13.1 Å². The van der Waals surface area contributed by atoms with Gasteiger partial charge in [0.2, 0.25) is 0 Å². The number of nitrogens with zero attached hydrogens (tertiary/aromatic N) is 4. The molecule has 0 saturated heterocycles. The van der Waals surface area contributed by atoms with Crippen LogP contribution in [0.4, 0.5) is 0 Å². The van der Waals surface area contributed by atoms with Gasteiger partial charge in [0.05, 0.1) is 10.8 Å². The first-order valence-corrected chi connectivity index (χ1v) is 7.70. The highest BCUT2D eigenvalue weighted by molar-refractivity contribution is 9.10. The average molecular weight is 416 g/mol. The molecule has 0 aliphatic carbocycles. The molecular formula is C14H13BrCl2N6. The van der Waals surface area contributed by atoms with E-state index in [2.05, 4.69) is 45.8 Å². The van der Waals surface area contributed by atoms with Crippen LogP contribution in [0.3, 0.4) is 0 Å². The summed E-state index contributed by atoms with van der Waals surface area (Å²) in [6.07, 6.45) is 6.52. The number of rotatable bonds is 0. The Morgan fingerprint density at radius 3 is 1.96 bits per heavy atom. The molecule has 0 aliphatic rings. The Kier molecular flexibility index (Phi) is 5.56. The van der Waals surface area contributed by atoms with Crippen molar-refractivity contribution in [2.45, 2.75) is 14.4 Å². The molecule has 0 atom stereocenters. The number of H-pyrrole nitrogens is 2. The number of hydrogen-bond donors (Lipinski definition) is 2. The second-order valence-corrected chi connectivity index (χ2v) is 5.95. The van der Waals surface area contributed by atoms with Gasteiger partial charge < -0.3 is 9.97 Å².